The van der Waals surface area contributed by atoms with Gasteiger partial charge in [0.05, 0.1) is 22.3 Å². The molecule has 3 aromatic rings. The molecule has 0 aromatic heterocycles. The normalized spacial score (nSPS) is 13.3. The van der Waals surface area contributed by atoms with Gasteiger partial charge in [-0.3, -0.25) is 14.4 Å². The third kappa shape index (κ3) is 5.27. The Labute approximate surface area is 216 Å². The van der Waals surface area contributed by atoms with Gasteiger partial charge in [-0.1, -0.05) is 40.9 Å². The summed E-state index contributed by atoms with van der Waals surface area (Å²) in [7, 11) is 0. The monoisotopic (exact) mass is 529 g/mol. The van der Waals surface area contributed by atoms with Crippen LogP contribution in [0.5, 0.6) is 5.75 Å². The summed E-state index contributed by atoms with van der Waals surface area (Å²) < 4.78 is 5.40. The van der Waals surface area contributed by atoms with E-state index in [1.54, 1.807) is 48.5 Å². The molecule has 10 heteroatoms. The van der Waals surface area contributed by atoms with Gasteiger partial charge in [-0.2, -0.15) is 0 Å². The van der Waals surface area contributed by atoms with Gasteiger partial charge in [0.1, 0.15) is 16.5 Å². The number of nitrogens with zero attached hydrogens (tertiary/aromatic N) is 1. The van der Waals surface area contributed by atoms with Gasteiger partial charge in [0.2, 0.25) is 0 Å². The number of hydrogen-bond donors (Lipinski definition) is 2. The number of rotatable bonds is 7. The number of anilines is 3. The van der Waals surface area contributed by atoms with Crippen LogP contribution in [0.3, 0.4) is 0 Å². The second kappa shape index (κ2) is 10.4. The molecular formula is C25H18Cl3N3O4. The highest BCUT2D eigenvalue weighted by Crippen LogP contribution is 2.33. The number of nitrogens with one attached hydrogen (secondary N) is 2. The Kier molecular flexibility index (Phi) is 7.31. The van der Waals surface area contributed by atoms with Gasteiger partial charge in [-0.05, 0) is 67.6 Å². The number of imide groups is 1. The van der Waals surface area contributed by atoms with E-state index < -0.39 is 11.8 Å². The molecule has 3 aromatic carbocycles. The summed E-state index contributed by atoms with van der Waals surface area (Å²) in [5.74, 6) is -1.03. The maximum absolute atomic E-state index is 13.0. The van der Waals surface area contributed by atoms with E-state index in [1.165, 1.54) is 18.2 Å². The van der Waals surface area contributed by atoms with Gasteiger partial charge in [0, 0.05) is 16.9 Å². The Hall–Kier alpha value is -3.52. The van der Waals surface area contributed by atoms with E-state index in [0.717, 1.165) is 4.90 Å². The lowest BCUT2D eigenvalue weighted by molar-refractivity contribution is -0.120. The number of halogens is 3. The van der Waals surface area contributed by atoms with Crippen LogP contribution in [0.2, 0.25) is 10.0 Å². The average molecular weight is 531 g/mol. The Morgan fingerprint density at radius 1 is 0.886 bits per heavy atom. The molecule has 4 rings (SSSR count). The lowest BCUT2D eigenvalue weighted by Crippen LogP contribution is -2.32. The molecule has 178 valence electrons. The summed E-state index contributed by atoms with van der Waals surface area (Å²) in [4.78, 5) is 39.3. The second-order valence-corrected chi connectivity index (χ2v) is 8.54. The molecule has 0 saturated carbocycles. The zero-order chi connectivity index (χ0) is 25.1. The molecule has 0 aliphatic carbocycles. The molecule has 0 saturated heterocycles. The van der Waals surface area contributed by atoms with Crippen molar-refractivity contribution in [1.29, 1.82) is 0 Å². The van der Waals surface area contributed by atoms with Crippen molar-refractivity contribution in [2.75, 3.05) is 22.1 Å². The van der Waals surface area contributed by atoms with E-state index in [-0.39, 0.29) is 32.4 Å². The number of benzene rings is 3. The predicted octanol–water partition coefficient (Wildman–Crippen LogP) is 6.08. The van der Waals surface area contributed by atoms with Gasteiger partial charge >= 0.3 is 0 Å². The molecule has 35 heavy (non-hydrogen) atoms. The summed E-state index contributed by atoms with van der Waals surface area (Å²) in [5.41, 5.74) is 1.43. The zero-order valence-corrected chi connectivity index (χ0v) is 20.5. The molecule has 0 radical (unpaired) electrons. The average Bonchev–Trinajstić information content (AvgIpc) is 3.05. The first-order chi connectivity index (χ1) is 16.8. The van der Waals surface area contributed by atoms with Gasteiger partial charge in [-0.15, -0.1) is 0 Å². The van der Waals surface area contributed by atoms with Gasteiger partial charge in [0.25, 0.3) is 17.7 Å². The molecule has 1 aliphatic heterocycles. The van der Waals surface area contributed by atoms with Gasteiger partial charge < -0.3 is 15.4 Å². The number of carbonyl (C=O) groups excluding carboxylic acids is 3. The summed E-state index contributed by atoms with van der Waals surface area (Å²) in [5, 5.41) is 5.84. The Balaban J connectivity index is 1.50. The van der Waals surface area contributed by atoms with Crippen molar-refractivity contribution in [2.45, 2.75) is 6.92 Å². The molecule has 0 atom stereocenters. The number of ether oxygens (including phenoxy) is 1. The van der Waals surface area contributed by atoms with Crippen LogP contribution in [-0.2, 0) is 9.59 Å². The first kappa shape index (κ1) is 24.6. The highest BCUT2D eigenvalue weighted by atomic mass is 35.5. The fraction of sp³-hybridized carbons (Fsp3) is 0.0800. The van der Waals surface area contributed by atoms with Crippen molar-refractivity contribution in [2.24, 2.45) is 0 Å². The molecule has 3 amide bonds. The first-order valence-corrected chi connectivity index (χ1v) is 11.6. The van der Waals surface area contributed by atoms with E-state index >= 15 is 0 Å². The van der Waals surface area contributed by atoms with E-state index in [0.29, 0.717) is 29.3 Å². The Morgan fingerprint density at radius 2 is 1.63 bits per heavy atom. The number of carbonyl (C=O) groups is 3. The highest BCUT2D eigenvalue weighted by Gasteiger charge is 2.39. The Bertz CT molecular complexity index is 1360. The minimum Gasteiger partial charge on any atom is -0.494 e. The summed E-state index contributed by atoms with van der Waals surface area (Å²) in [6.45, 7) is 2.44. The van der Waals surface area contributed by atoms with Crippen molar-refractivity contribution in [3.05, 3.63) is 93.1 Å². The van der Waals surface area contributed by atoms with Crippen LogP contribution >= 0.6 is 34.8 Å². The van der Waals surface area contributed by atoms with Gasteiger partial charge in [0.15, 0.2) is 0 Å². The quantitative estimate of drug-likeness (QED) is 0.362. The van der Waals surface area contributed by atoms with Crippen LogP contribution in [0, 0.1) is 0 Å². The lowest BCUT2D eigenvalue weighted by atomic mass is 10.1. The van der Waals surface area contributed by atoms with Crippen molar-refractivity contribution < 1.29 is 19.1 Å². The summed E-state index contributed by atoms with van der Waals surface area (Å²) >= 11 is 18.1. The van der Waals surface area contributed by atoms with Crippen LogP contribution in [0.25, 0.3) is 0 Å². The lowest BCUT2D eigenvalue weighted by Gasteiger charge is -2.16. The van der Waals surface area contributed by atoms with Crippen molar-refractivity contribution >= 4 is 69.6 Å². The van der Waals surface area contributed by atoms with Crippen molar-refractivity contribution in [3.8, 4) is 5.75 Å². The maximum Gasteiger partial charge on any atom is 0.283 e. The van der Waals surface area contributed by atoms with E-state index in [1.807, 2.05) is 6.92 Å². The summed E-state index contributed by atoms with van der Waals surface area (Å²) in [6, 6.07) is 17.8. The second-order valence-electron chi connectivity index (χ2n) is 7.35. The van der Waals surface area contributed by atoms with Crippen LogP contribution in [0.1, 0.15) is 17.3 Å². The van der Waals surface area contributed by atoms with Crippen molar-refractivity contribution in [3.63, 3.8) is 0 Å². The highest BCUT2D eigenvalue weighted by molar-refractivity contribution is 6.53. The third-order valence-corrected chi connectivity index (χ3v) is 6.10. The van der Waals surface area contributed by atoms with Crippen molar-refractivity contribution in [1.82, 2.24) is 0 Å². The predicted molar refractivity (Wildman–Crippen MR) is 137 cm³/mol. The number of hydrogen-bond acceptors (Lipinski definition) is 5. The molecule has 1 aliphatic rings. The summed E-state index contributed by atoms with van der Waals surface area (Å²) in [6.07, 6.45) is 0. The minimum atomic E-state index is -0.707. The molecule has 1 heterocycles. The van der Waals surface area contributed by atoms with E-state index in [9.17, 15) is 14.4 Å². The van der Waals surface area contributed by atoms with E-state index in [4.69, 9.17) is 39.5 Å². The molecule has 0 unspecified atom stereocenters. The fourth-order valence-corrected chi connectivity index (χ4v) is 3.86. The molecular weight excluding hydrogens is 513 g/mol. The molecule has 7 nitrogen and oxygen atoms in total. The van der Waals surface area contributed by atoms with Crippen LogP contribution < -0.4 is 20.3 Å². The standard InChI is InChI=1S/C25H18Cl3N3O4/c1-2-35-18-9-6-15(7-10-18)30-23(32)14-4-3-5-16(12-14)29-22-21(28)24(33)31(25(22)34)17-8-11-19(26)20(27)13-17/h3-13,29H,2H2,1H3,(H,30,32). The molecule has 0 bridgehead atoms. The SMILES string of the molecule is CCOc1ccc(NC(=O)c2cccc(NC3=C(Cl)C(=O)N(c4ccc(Cl)c(Cl)c4)C3=O)c2)cc1. The molecule has 0 fully saturated rings. The topological polar surface area (TPSA) is 87.7 Å². The Morgan fingerprint density at radius 3 is 2.31 bits per heavy atom. The zero-order valence-electron chi connectivity index (χ0n) is 18.3. The first-order valence-electron chi connectivity index (χ1n) is 10.4. The molecule has 0 spiro atoms. The third-order valence-electron chi connectivity index (χ3n) is 5.01. The smallest absolute Gasteiger partial charge is 0.283 e. The van der Waals surface area contributed by atoms with Gasteiger partial charge in [-0.25, -0.2) is 4.90 Å². The largest absolute Gasteiger partial charge is 0.494 e. The number of amides is 3. The minimum absolute atomic E-state index is 0.119. The molecule has 2 N–H and O–H groups in total. The maximum atomic E-state index is 13.0. The fourth-order valence-electron chi connectivity index (χ4n) is 3.36. The van der Waals surface area contributed by atoms with Crippen LogP contribution in [0.4, 0.5) is 17.1 Å². The van der Waals surface area contributed by atoms with Crippen LogP contribution in [0.15, 0.2) is 77.5 Å². The van der Waals surface area contributed by atoms with Crippen LogP contribution in [-0.4, -0.2) is 24.3 Å². The van der Waals surface area contributed by atoms with E-state index in [2.05, 4.69) is 10.6 Å².